The van der Waals surface area contributed by atoms with Crippen LogP contribution < -0.4 is 5.32 Å². The van der Waals surface area contributed by atoms with Crippen molar-refractivity contribution in [2.45, 2.75) is 0 Å². The normalized spacial score (nSPS) is 10.3. The Kier molecular flexibility index (Phi) is 3.71. The summed E-state index contributed by atoms with van der Waals surface area (Å²) in [5.74, 6) is 0.191. The number of benzene rings is 1. The molecule has 1 rings (SSSR count). The van der Waals surface area contributed by atoms with E-state index in [4.69, 9.17) is 5.26 Å². The predicted octanol–water partition coefficient (Wildman–Crippen LogP) is 1.50. The minimum Gasteiger partial charge on any atom is -0.507 e. The number of phenolic OH excluding ortho intramolecular Hbond substituents is 1. The van der Waals surface area contributed by atoms with E-state index in [1.54, 1.807) is 18.2 Å². The molecule has 0 saturated heterocycles. The van der Waals surface area contributed by atoms with Crippen LogP contribution in [0.4, 0.5) is 0 Å². The van der Waals surface area contributed by atoms with Gasteiger partial charge in [-0.05, 0) is 25.2 Å². The number of nitrogens with one attached hydrogen (secondary N) is 1. The predicted molar refractivity (Wildman–Crippen MR) is 55.8 cm³/mol. The van der Waals surface area contributed by atoms with Gasteiger partial charge in [0.15, 0.2) is 0 Å². The smallest absolute Gasteiger partial charge is 0.122 e. The Labute approximate surface area is 83.3 Å². The fraction of sp³-hybridized carbons (Fsp3) is 0.182. The van der Waals surface area contributed by atoms with Crippen molar-refractivity contribution in [3.8, 4) is 11.8 Å². The summed E-state index contributed by atoms with van der Waals surface area (Å²) in [6.45, 7) is 0.732. The first-order chi connectivity index (χ1) is 6.77. The lowest BCUT2D eigenvalue weighted by Crippen LogP contribution is -2.03. The second-order valence-corrected chi connectivity index (χ2v) is 2.85. The van der Waals surface area contributed by atoms with Crippen molar-refractivity contribution in [1.82, 2.24) is 5.32 Å². The largest absolute Gasteiger partial charge is 0.507 e. The molecule has 72 valence electrons. The molecule has 0 unspecified atom stereocenters. The second-order valence-electron chi connectivity index (χ2n) is 2.85. The van der Waals surface area contributed by atoms with E-state index >= 15 is 0 Å². The molecule has 0 amide bonds. The summed E-state index contributed by atoms with van der Waals surface area (Å²) < 4.78 is 0. The molecule has 1 aromatic carbocycles. The molecule has 3 nitrogen and oxygen atoms in total. The van der Waals surface area contributed by atoms with Crippen LogP contribution in [0.5, 0.6) is 5.75 Å². The van der Waals surface area contributed by atoms with Crippen LogP contribution in [0.3, 0.4) is 0 Å². The zero-order chi connectivity index (χ0) is 10.4. The van der Waals surface area contributed by atoms with Gasteiger partial charge >= 0.3 is 0 Å². The molecular weight excluding hydrogens is 176 g/mol. The monoisotopic (exact) mass is 188 g/mol. The first kappa shape index (κ1) is 10.3. The topological polar surface area (TPSA) is 56.0 Å². The molecule has 0 aliphatic heterocycles. The van der Waals surface area contributed by atoms with Gasteiger partial charge in [-0.25, -0.2) is 0 Å². The van der Waals surface area contributed by atoms with Gasteiger partial charge in [-0.2, -0.15) is 5.26 Å². The Morgan fingerprint density at radius 1 is 1.57 bits per heavy atom. The minimum absolute atomic E-state index is 0.191. The van der Waals surface area contributed by atoms with Gasteiger partial charge in [0.1, 0.15) is 5.75 Å². The summed E-state index contributed by atoms with van der Waals surface area (Å²) in [5, 5.41) is 21.1. The number of likely N-dealkylation sites (N-methyl/N-ethyl adjacent to an activating group) is 1. The van der Waals surface area contributed by atoms with Gasteiger partial charge in [-0.1, -0.05) is 12.2 Å². The molecule has 0 atom stereocenters. The van der Waals surface area contributed by atoms with Crippen LogP contribution in [0.25, 0.3) is 6.08 Å². The Morgan fingerprint density at radius 3 is 3.00 bits per heavy atom. The average Bonchev–Trinajstić information content (AvgIpc) is 2.21. The average molecular weight is 188 g/mol. The van der Waals surface area contributed by atoms with Gasteiger partial charge in [0.2, 0.25) is 0 Å². The number of hydrogen-bond acceptors (Lipinski definition) is 3. The SMILES string of the molecule is CNCC=Cc1cc(C#N)ccc1O. The van der Waals surface area contributed by atoms with Gasteiger partial charge in [0.05, 0.1) is 11.6 Å². The highest BCUT2D eigenvalue weighted by molar-refractivity contribution is 5.59. The minimum atomic E-state index is 0.191. The van der Waals surface area contributed by atoms with Gasteiger partial charge in [0.25, 0.3) is 0 Å². The quantitative estimate of drug-likeness (QED) is 0.755. The number of nitrogens with zero attached hydrogens (tertiary/aromatic N) is 1. The molecule has 0 aliphatic rings. The van der Waals surface area contributed by atoms with E-state index in [1.165, 1.54) is 6.07 Å². The second kappa shape index (κ2) is 5.05. The highest BCUT2D eigenvalue weighted by Gasteiger charge is 1.98. The van der Waals surface area contributed by atoms with E-state index < -0.39 is 0 Å². The van der Waals surface area contributed by atoms with Gasteiger partial charge in [-0.3, -0.25) is 0 Å². The van der Waals surface area contributed by atoms with Gasteiger partial charge in [-0.15, -0.1) is 0 Å². The Bertz CT molecular complexity index is 377. The number of aromatic hydroxyl groups is 1. The summed E-state index contributed by atoms with van der Waals surface area (Å²) in [6, 6.07) is 6.79. The summed E-state index contributed by atoms with van der Waals surface area (Å²) in [7, 11) is 1.84. The van der Waals surface area contributed by atoms with Crippen molar-refractivity contribution in [1.29, 1.82) is 5.26 Å². The maximum absolute atomic E-state index is 9.45. The van der Waals surface area contributed by atoms with Gasteiger partial charge < -0.3 is 10.4 Å². The number of rotatable bonds is 3. The van der Waals surface area contributed by atoms with E-state index in [2.05, 4.69) is 5.32 Å². The third-order valence-corrected chi connectivity index (χ3v) is 1.78. The maximum atomic E-state index is 9.45. The number of phenols is 1. The van der Waals surface area contributed by atoms with Crippen LogP contribution in [-0.4, -0.2) is 18.7 Å². The van der Waals surface area contributed by atoms with Crippen LogP contribution >= 0.6 is 0 Å². The van der Waals surface area contributed by atoms with E-state index in [1.807, 2.05) is 19.2 Å². The van der Waals surface area contributed by atoms with Crippen LogP contribution in [-0.2, 0) is 0 Å². The molecule has 0 aliphatic carbocycles. The van der Waals surface area contributed by atoms with Gasteiger partial charge in [0, 0.05) is 12.1 Å². The van der Waals surface area contributed by atoms with Crippen LogP contribution in [0.2, 0.25) is 0 Å². The molecule has 2 N–H and O–H groups in total. The lowest BCUT2D eigenvalue weighted by Gasteiger charge is -1.98. The fourth-order valence-corrected chi connectivity index (χ4v) is 1.06. The molecule has 0 saturated carbocycles. The Morgan fingerprint density at radius 2 is 2.36 bits per heavy atom. The zero-order valence-corrected chi connectivity index (χ0v) is 7.99. The lowest BCUT2D eigenvalue weighted by molar-refractivity contribution is 0.474. The fourth-order valence-electron chi connectivity index (χ4n) is 1.06. The Balaban J connectivity index is 2.90. The highest BCUT2D eigenvalue weighted by atomic mass is 16.3. The highest BCUT2D eigenvalue weighted by Crippen LogP contribution is 2.19. The Hall–Kier alpha value is -1.79. The maximum Gasteiger partial charge on any atom is 0.122 e. The summed E-state index contributed by atoms with van der Waals surface area (Å²) in [4.78, 5) is 0. The van der Waals surface area contributed by atoms with E-state index in [-0.39, 0.29) is 5.75 Å². The van der Waals surface area contributed by atoms with E-state index in [9.17, 15) is 5.11 Å². The summed E-state index contributed by atoms with van der Waals surface area (Å²) in [6.07, 6.45) is 3.67. The first-order valence-corrected chi connectivity index (χ1v) is 4.32. The van der Waals surface area contributed by atoms with Crippen molar-refractivity contribution in [2.24, 2.45) is 0 Å². The van der Waals surface area contributed by atoms with E-state index in [0.717, 1.165) is 6.54 Å². The third kappa shape index (κ3) is 2.61. The molecule has 0 radical (unpaired) electrons. The molecule has 0 bridgehead atoms. The molecule has 1 aromatic rings. The third-order valence-electron chi connectivity index (χ3n) is 1.78. The first-order valence-electron chi connectivity index (χ1n) is 4.32. The number of nitriles is 1. The van der Waals surface area contributed by atoms with Crippen molar-refractivity contribution < 1.29 is 5.11 Å². The summed E-state index contributed by atoms with van der Waals surface area (Å²) >= 11 is 0. The van der Waals surface area contributed by atoms with Crippen molar-refractivity contribution >= 4 is 6.08 Å². The number of hydrogen-bond donors (Lipinski definition) is 2. The van der Waals surface area contributed by atoms with E-state index in [0.29, 0.717) is 11.1 Å². The van der Waals surface area contributed by atoms with Crippen molar-refractivity contribution in [2.75, 3.05) is 13.6 Å². The summed E-state index contributed by atoms with van der Waals surface area (Å²) in [5.41, 5.74) is 1.21. The zero-order valence-electron chi connectivity index (χ0n) is 7.99. The molecular formula is C11H12N2O. The molecule has 3 heteroatoms. The lowest BCUT2D eigenvalue weighted by atomic mass is 10.1. The molecule has 14 heavy (non-hydrogen) atoms. The standard InChI is InChI=1S/C11H12N2O/c1-13-6-2-3-10-7-9(8-12)4-5-11(10)14/h2-5,7,13-14H,6H2,1H3. The molecule has 0 spiro atoms. The van der Waals surface area contributed by atoms with Crippen molar-refractivity contribution in [3.63, 3.8) is 0 Å². The van der Waals surface area contributed by atoms with Crippen LogP contribution in [0.1, 0.15) is 11.1 Å². The van der Waals surface area contributed by atoms with Crippen molar-refractivity contribution in [3.05, 3.63) is 35.4 Å². The van der Waals surface area contributed by atoms with Crippen LogP contribution in [0, 0.1) is 11.3 Å². The molecule has 0 fully saturated rings. The molecule has 0 aromatic heterocycles. The van der Waals surface area contributed by atoms with Crippen LogP contribution in [0.15, 0.2) is 24.3 Å². The molecule has 0 heterocycles.